The van der Waals surface area contributed by atoms with E-state index in [-0.39, 0.29) is 0 Å². The first-order chi connectivity index (χ1) is 24.3. The van der Waals surface area contributed by atoms with E-state index in [1.807, 2.05) is 42.5 Å². The quantitative estimate of drug-likeness (QED) is 0.196. The molecule has 2 aromatic heterocycles. The largest absolute Gasteiger partial charge is 0.264 e. The van der Waals surface area contributed by atoms with Crippen LogP contribution in [0.3, 0.4) is 0 Å². The smallest absolute Gasteiger partial charge is 0.165 e. The zero-order valence-corrected chi connectivity index (χ0v) is 26.5. The minimum atomic E-state index is -0.522. The van der Waals surface area contributed by atoms with Gasteiger partial charge in [0.2, 0.25) is 0 Å². The molecule has 0 saturated heterocycles. The van der Waals surface area contributed by atoms with Crippen LogP contribution in [0.1, 0.15) is 22.3 Å². The van der Waals surface area contributed by atoms with Crippen LogP contribution in [-0.4, -0.2) is 19.9 Å². The van der Waals surface area contributed by atoms with Gasteiger partial charge in [-0.2, -0.15) is 0 Å². The third kappa shape index (κ3) is 4.04. The Balaban J connectivity index is 1.29. The molecule has 0 unspecified atom stereocenters. The summed E-state index contributed by atoms with van der Waals surface area (Å²) in [6, 6.07) is 56.4. The Morgan fingerprint density at radius 1 is 0.327 bits per heavy atom. The average molecular weight is 625 g/mol. The minimum absolute atomic E-state index is 0.522. The number of benzene rings is 6. The summed E-state index contributed by atoms with van der Waals surface area (Å²) in [6.45, 7) is 0. The number of nitrogens with zero attached hydrogens (tertiary/aromatic N) is 4. The maximum Gasteiger partial charge on any atom is 0.165 e. The molecule has 0 atom stereocenters. The maximum absolute atomic E-state index is 5.09. The van der Waals surface area contributed by atoms with Gasteiger partial charge in [0.15, 0.2) is 17.5 Å². The van der Waals surface area contributed by atoms with E-state index in [2.05, 4.69) is 120 Å². The van der Waals surface area contributed by atoms with Gasteiger partial charge in [0.25, 0.3) is 0 Å². The van der Waals surface area contributed by atoms with Gasteiger partial charge in [-0.05, 0) is 73.8 Å². The molecule has 0 aliphatic heterocycles. The van der Waals surface area contributed by atoms with E-state index in [9.17, 15) is 0 Å². The summed E-state index contributed by atoms with van der Waals surface area (Å²) in [7, 11) is 0. The van der Waals surface area contributed by atoms with Gasteiger partial charge in [-0.25, -0.2) is 15.0 Å². The summed E-state index contributed by atoms with van der Waals surface area (Å²) in [6.07, 6.45) is 3.57. The van der Waals surface area contributed by atoms with Crippen LogP contribution in [0.25, 0.3) is 67.5 Å². The second-order valence-corrected chi connectivity index (χ2v) is 12.6. The summed E-state index contributed by atoms with van der Waals surface area (Å²) >= 11 is 0. The lowest BCUT2D eigenvalue weighted by Crippen LogP contribution is -2.29. The molecule has 2 aliphatic rings. The van der Waals surface area contributed by atoms with E-state index < -0.39 is 5.41 Å². The van der Waals surface area contributed by atoms with Crippen molar-refractivity contribution in [3.05, 3.63) is 192 Å². The average Bonchev–Trinajstić information content (AvgIpc) is 3.43. The first-order valence-corrected chi connectivity index (χ1v) is 16.6. The Kier molecular flexibility index (Phi) is 6.06. The van der Waals surface area contributed by atoms with Gasteiger partial charge in [0.05, 0.1) is 5.41 Å². The zero-order chi connectivity index (χ0) is 32.4. The van der Waals surface area contributed by atoms with Gasteiger partial charge in [-0.3, -0.25) is 4.98 Å². The van der Waals surface area contributed by atoms with Crippen molar-refractivity contribution in [1.29, 1.82) is 0 Å². The van der Waals surface area contributed by atoms with E-state index in [0.717, 1.165) is 16.7 Å². The van der Waals surface area contributed by atoms with Crippen LogP contribution in [0.4, 0.5) is 0 Å². The monoisotopic (exact) mass is 624 g/mol. The van der Waals surface area contributed by atoms with Crippen LogP contribution in [0.5, 0.6) is 0 Å². The standard InChI is InChI=1S/C45H28N4/c1-2-13-29(14-3-1)42-47-43(49-44(48-42)31-15-12-26-46-28-31)30-24-25-41-37(27-30)33-17-5-4-16-32(33)34-18-6-9-21-38(34)45(41)39-22-10-7-19-35(39)36-20-8-11-23-40(36)45/h1-28H. The van der Waals surface area contributed by atoms with Crippen LogP contribution in [0, 0.1) is 0 Å². The Bertz CT molecular complexity index is 2450. The molecule has 0 amide bonds. The van der Waals surface area contributed by atoms with Crippen molar-refractivity contribution in [2.24, 2.45) is 0 Å². The molecule has 228 valence electrons. The Morgan fingerprint density at radius 2 is 0.776 bits per heavy atom. The number of rotatable bonds is 3. The van der Waals surface area contributed by atoms with Crippen LogP contribution in [0.2, 0.25) is 0 Å². The van der Waals surface area contributed by atoms with E-state index >= 15 is 0 Å². The summed E-state index contributed by atoms with van der Waals surface area (Å²) in [4.78, 5) is 19.4. The van der Waals surface area contributed by atoms with E-state index in [1.54, 1.807) is 12.4 Å². The van der Waals surface area contributed by atoms with E-state index in [4.69, 9.17) is 15.0 Å². The summed E-state index contributed by atoms with van der Waals surface area (Å²) in [5.41, 5.74) is 14.7. The molecule has 0 fully saturated rings. The molecule has 2 aliphatic carbocycles. The maximum atomic E-state index is 5.09. The Labute approximate surface area is 284 Å². The lowest BCUT2D eigenvalue weighted by Gasteiger charge is -2.35. The van der Waals surface area contributed by atoms with Crippen molar-refractivity contribution in [1.82, 2.24) is 19.9 Å². The normalized spacial score (nSPS) is 13.1. The van der Waals surface area contributed by atoms with Crippen LogP contribution >= 0.6 is 0 Å². The molecule has 2 heterocycles. The molecular weight excluding hydrogens is 597 g/mol. The predicted molar refractivity (Wildman–Crippen MR) is 196 cm³/mol. The van der Waals surface area contributed by atoms with Gasteiger partial charge >= 0.3 is 0 Å². The second-order valence-electron chi connectivity index (χ2n) is 12.6. The fraction of sp³-hybridized carbons (Fsp3) is 0.0222. The molecule has 0 N–H and O–H groups in total. The third-order valence-corrected chi connectivity index (χ3v) is 10.1. The molecule has 0 bridgehead atoms. The fourth-order valence-corrected chi connectivity index (χ4v) is 8.04. The van der Waals surface area contributed by atoms with Crippen LogP contribution in [0.15, 0.2) is 170 Å². The number of hydrogen-bond acceptors (Lipinski definition) is 4. The highest BCUT2D eigenvalue weighted by Gasteiger charge is 2.49. The van der Waals surface area contributed by atoms with Gasteiger partial charge < -0.3 is 0 Å². The topological polar surface area (TPSA) is 51.6 Å². The molecule has 49 heavy (non-hydrogen) atoms. The predicted octanol–water partition coefficient (Wildman–Crippen LogP) is 10.3. The molecule has 10 rings (SSSR count). The van der Waals surface area contributed by atoms with E-state index in [0.29, 0.717) is 17.5 Å². The van der Waals surface area contributed by atoms with Crippen LogP contribution in [-0.2, 0) is 5.41 Å². The third-order valence-electron chi connectivity index (χ3n) is 10.1. The van der Waals surface area contributed by atoms with Crippen molar-refractivity contribution >= 4 is 0 Å². The first kappa shape index (κ1) is 27.6. The van der Waals surface area contributed by atoms with Crippen molar-refractivity contribution in [3.63, 3.8) is 0 Å². The summed E-state index contributed by atoms with van der Waals surface area (Å²) < 4.78 is 0. The molecule has 1 spiro atoms. The molecule has 4 heteroatoms. The number of hydrogen-bond donors (Lipinski definition) is 0. The SMILES string of the molecule is c1ccc(-c2nc(-c3cccnc3)nc(-c3ccc4c(c3)-c3ccccc3-c3ccccc3C43c4ccccc4-c4ccccc43)n2)cc1. The minimum Gasteiger partial charge on any atom is -0.264 e. The lowest BCUT2D eigenvalue weighted by molar-refractivity contribution is 0.775. The summed E-state index contributed by atoms with van der Waals surface area (Å²) in [5.74, 6) is 1.84. The van der Waals surface area contributed by atoms with Gasteiger partial charge in [0, 0.05) is 29.1 Å². The Morgan fingerprint density at radius 3 is 1.37 bits per heavy atom. The summed E-state index contributed by atoms with van der Waals surface area (Å²) in [5, 5.41) is 0. The van der Waals surface area contributed by atoms with Crippen molar-refractivity contribution in [3.8, 4) is 67.5 Å². The number of aromatic nitrogens is 4. The van der Waals surface area contributed by atoms with Crippen LogP contribution < -0.4 is 0 Å². The Hall–Kier alpha value is -6.52. The van der Waals surface area contributed by atoms with Crippen molar-refractivity contribution in [2.45, 2.75) is 5.41 Å². The molecule has 0 radical (unpaired) electrons. The molecule has 0 saturated carbocycles. The highest BCUT2D eigenvalue weighted by Crippen LogP contribution is 2.61. The second kappa shape index (κ2) is 10.8. The first-order valence-electron chi connectivity index (χ1n) is 16.6. The van der Waals surface area contributed by atoms with Gasteiger partial charge in [0.1, 0.15) is 0 Å². The van der Waals surface area contributed by atoms with Crippen molar-refractivity contribution < 1.29 is 0 Å². The lowest BCUT2D eigenvalue weighted by atomic mass is 9.66. The zero-order valence-electron chi connectivity index (χ0n) is 26.5. The highest BCUT2D eigenvalue weighted by molar-refractivity contribution is 5.97. The van der Waals surface area contributed by atoms with Gasteiger partial charge in [-0.15, -0.1) is 0 Å². The van der Waals surface area contributed by atoms with E-state index in [1.165, 1.54) is 55.6 Å². The fourth-order valence-electron chi connectivity index (χ4n) is 8.04. The van der Waals surface area contributed by atoms with Crippen molar-refractivity contribution in [2.75, 3.05) is 0 Å². The molecular formula is C45H28N4. The number of pyridine rings is 1. The highest BCUT2D eigenvalue weighted by atomic mass is 15.0. The number of fused-ring (bicyclic) bond motifs is 12. The molecule has 6 aromatic carbocycles. The molecule has 8 aromatic rings. The van der Waals surface area contributed by atoms with Gasteiger partial charge in [-0.1, -0.05) is 140 Å². The molecule has 4 nitrogen and oxygen atoms in total.